The highest BCUT2D eigenvalue weighted by atomic mass is 16.3. The molecule has 1 aromatic heterocycles. The average Bonchev–Trinajstić information content (AvgIpc) is 3.68. The Balaban J connectivity index is 1.28. The van der Waals surface area contributed by atoms with Crippen molar-refractivity contribution in [3.05, 3.63) is 131 Å². The summed E-state index contributed by atoms with van der Waals surface area (Å²) in [5.74, 6) is 0.922. The number of para-hydroxylation sites is 2. The summed E-state index contributed by atoms with van der Waals surface area (Å²) in [7, 11) is 0. The zero-order chi connectivity index (χ0) is 28.0. The lowest BCUT2D eigenvalue weighted by Gasteiger charge is -2.26. The van der Waals surface area contributed by atoms with Gasteiger partial charge in [-0.2, -0.15) is 4.91 Å². The Morgan fingerprint density at radius 1 is 0.829 bits per heavy atom. The van der Waals surface area contributed by atoms with Crippen LogP contribution in [0.4, 0.5) is 0 Å². The minimum atomic E-state index is -0.435. The van der Waals surface area contributed by atoms with Gasteiger partial charge in [-0.3, -0.25) is 4.79 Å². The van der Waals surface area contributed by atoms with Gasteiger partial charge in [0.2, 0.25) is 5.91 Å². The molecule has 1 aliphatic carbocycles. The molecular formula is C35H34N4O2. The van der Waals surface area contributed by atoms with Gasteiger partial charge in [0.1, 0.15) is 12.4 Å². The van der Waals surface area contributed by atoms with Crippen molar-refractivity contribution in [2.24, 2.45) is 11.1 Å². The molecule has 0 aliphatic heterocycles. The first-order chi connectivity index (χ1) is 20.2. The molecule has 1 heterocycles. The molecule has 0 unspecified atom stereocenters. The average molecular weight is 543 g/mol. The van der Waals surface area contributed by atoms with Crippen LogP contribution in [-0.2, 0) is 11.3 Å². The summed E-state index contributed by atoms with van der Waals surface area (Å²) in [6, 6.07) is 36.2. The summed E-state index contributed by atoms with van der Waals surface area (Å²) in [4.78, 5) is 30.0. The van der Waals surface area contributed by atoms with E-state index in [1.165, 1.54) is 0 Å². The van der Waals surface area contributed by atoms with E-state index in [0.717, 1.165) is 64.8 Å². The van der Waals surface area contributed by atoms with E-state index in [-0.39, 0.29) is 24.3 Å². The van der Waals surface area contributed by atoms with Crippen molar-refractivity contribution in [3.8, 4) is 11.4 Å². The maximum Gasteiger partial charge on any atom is 0.228 e. The molecule has 1 fully saturated rings. The summed E-state index contributed by atoms with van der Waals surface area (Å²) in [5.41, 5.74) is 6.20. The van der Waals surface area contributed by atoms with E-state index in [2.05, 4.69) is 63.6 Å². The van der Waals surface area contributed by atoms with Gasteiger partial charge < -0.3 is 9.88 Å². The van der Waals surface area contributed by atoms with E-state index in [9.17, 15) is 9.70 Å². The number of rotatable bonds is 10. The first-order valence-electron chi connectivity index (χ1n) is 14.4. The highest BCUT2D eigenvalue weighted by molar-refractivity contribution is 5.84. The molecule has 5 aromatic rings. The summed E-state index contributed by atoms with van der Waals surface area (Å²) < 4.78 is 2.26. The van der Waals surface area contributed by atoms with Gasteiger partial charge in [-0.05, 0) is 47.6 Å². The molecule has 6 heteroatoms. The fraction of sp³-hybridized carbons (Fsp3) is 0.257. The summed E-state index contributed by atoms with van der Waals surface area (Å²) >= 11 is 0. The van der Waals surface area contributed by atoms with Crippen molar-refractivity contribution in [1.82, 2.24) is 14.9 Å². The van der Waals surface area contributed by atoms with E-state index in [1.807, 2.05) is 60.7 Å². The Bertz CT molecular complexity index is 1610. The minimum absolute atomic E-state index is 0.00862. The third kappa shape index (κ3) is 5.82. The zero-order valence-electron chi connectivity index (χ0n) is 23.0. The minimum Gasteiger partial charge on any atom is -0.347 e. The number of fused-ring (bicyclic) bond motifs is 1. The molecule has 0 radical (unpaired) electrons. The summed E-state index contributed by atoms with van der Waals surface area (Å²) in [5, 5.41) is 6.28. The van der Waals surface area contributed by atoms with Gasteiger partial charge in [-0.25, -0.2) is 4.98 Å². The number of carbonyl (C=O) groups excluding carboxylic acids is 1. The lowest BCUT2D eigenvalue weighted by atomic mass is 9.83. The van der Waals surface area contributed by atoms with E-state index >= 15 is 0 Å². The van der Waals surface area contributed by atoms with Crippen molar-refractivity contribution >= 4 is 16.9 Å². The largest absolute Gasteiger partial charge is 0.347 e. The Labute approximate surface area is 240 Å². The highest BCUT2D eigenvalue weighted by Gasteiger charge is 2.33. The molecule has 6 nitrogen and oxygen atoms in total. The van der Waals surface area contributed by atoms with Gasteiger partial charge in [-0.1, -0.05) is 115 Å². The Morgan fingerprint density at radius 3 is 2.20 bits per heavy atom. The van der Waals surface area contributed by atoms with Gasteiger partial charge in [0.25, 0.3) is 0 Å². The van der Waals surface area contributed by atoms with Gasteiger partial charge >= 0.3 is 0 Å². The number of benzene rings is 4. The number of hydrogen-bond acceptors (Lipinski definition) is 4. The first kappa shape index (κ1) is 26.6. The molecule has 41 heavy (non-hydrogen) atoms. The topological polar surface area (TPSA) is 76.3 Å². The molecule has 1 amide bonds. The van der Waals surface area contributed by atoms with Crippen molar-refractivity contribution in [1.29, 1.82) is 0 Å². The van der Waals surface area contributed by atoms with Crippen LogP contribution in [0.1, 0.15) is 54.3 Å². The fourth-order valence-corrected chi connectivity index (χ4v) is 6.24. The van der Waals surface area contributed by atoms with Gasteiger partial charge in [0, 0.05) is 12.1 Å². The molecule has 1 aliphatic rings. The van der Waals surface area contributed by atoms with Gasteiger partial charge in [0.05, 0.1) is 23.0 Å². The summed E-state index contributed by atoms with van der Waals surface area (Å²) in [6.45, 7) is 0.682. The van der Waals surface area contributed by atoms with Crippen molar-refractivity contribution < 1.29 is 4.79 Å². The van der Waals surface area contributed by atoms with E-state index in [0.29, 0.717) is 6.54 Å². The third-order valence-corrected chi connectivity index (χ3v) is 8.30. The molecule has 1 saturated carbocycles. The van der Waals surface area contributed by atoms with Crippen LogP contribution in [0.2, 0.25) is 0 Å². The molecule has 0 saturated heterocycles. The number of aromatic nitrogens is 2. The van der Waals surface area contributed by atoms with Crippen LogP contribution in [0.25, 0.3) is 22.4 Å². The molecular weight excluding hydrogens is 508 g/mol. The number of nitrogens with one attached hydrogen (secondary N) is 1. The van der Waals surface area contributed by atoms with Crippen molar-refractivity contribution in [3.63, 3.8) is 0 Å². The Hall–Kier alpha value is -4.58. The second-order valence-electron chi connectivity index (χ2n) is 10.9. The maximum absolute atomic E-state index is 13.8. The normalized spacial score (nSPS) is 15.0. The monoisotopic (exact) mass is 542 g/mol. The summed E-state index contributed by atoms with van der Waals surface area (Å²) in [6.07, 6.45) is 4.34. The van der Waals surface area contributed by atoms with Crippen LogP contribution in [0, 0.1) is 10.8 Å². The second kappa shape index (κ2) is 12.3. The Kier molecular flexibility index (Phi) is 7.99. The zero-order valence-corrected chi connectivity index (χ0v) is 23.0. The molecule has 4 aromatic carbocycles. The van der Waals surface area contributed by atoms with E-state index in [4.69, 9.17) is 4.98 Å². The lowest BCUT2D eigenvalue weighted by molar-refractivity contribution is -0.124. The SMILES string of the molecule is O=NC[C@H](NC(=O)[C@H](c1ccc(Cn2c(-c3ccccc3)nc3ccccc32)cc1)C1CCCC1)c1ccccc1. The van der Waals surface area contributed by atoms with Crippen LogP contribution in [0.15, 0.2) is 114 Å². The van der Waals surface area contributed by atoms with Crippen molar-refractivity contribution in [2.75, 3.05) is 6.54 Å². The first-order valence-corrected chi connectivity index (χ1v) is 14.4. The van der Waals surface area contributed by atoms with E-state index < -0.39 is 6.04 Å². The van der Waals surface area contributed by atoms with E-state index in [1.54, 1.807) is 0 Å². The molecule has 0 spiro atoms. The predicted molar refractivity (Wildman–Crippen MR) is 163 cm³/mol. The predicted octanol–water partition coefficient (Wildman–Crippen LogP) is 7.65. The van der Waals surface area contributed by atoms with Crippen LogP contribution in [0.3, 0.4) is 0 Å². The fourth-order valence-electron chi connectivity index (χ4n) is 6.24. The van der Waals surface area contributed by atoms with Crippen LogP contribution in [0.5, 0.6) is 0 Å². The standard InChI is InChI=1S/C35H34N4O2/c40-35(38-31(23-36-41)26-11-3-1-4-12-26)33(27-13-7-8-14-27)28-21-19-25(20-22-28)24-39-32-18-10-9-17-30(32)37-34(39)29-15-5-2-6-16-29/h1-6,9-12,15-22,27,31,33H,7-8,13-14,23-24H2,(H,38,40)/t31-,33-/m0/s1. The van der Waals surface area contributed by atoms with Crippen LogP contribution in [-0.4, -0.2) is 22.0 Å². The molecule has 2 atom stereocenters. The number of imidazole rings is 1. The highest BCUT2D eigenvalue weighted by Crippen LogP contribution is 2.38. The maximum atomic E-state index is 13.8. The Morgan fingerprint density at radius 2 is 1.49 bits per heavy atom. The molecule has 6 rings (SSSR count). The lowest BCUT2D eigenvalue weighted by Crippen LogP contribution is -2.36. The molecule has 206 valence electrons. The number of amides is 1. The number of nitroso groups, excluding NO2 is 1. The molecule has 1 N–H and O–H groups in total. The third-order valence-electron chi connectivity index (χ3n) is 8.30. The number of hydrogen-bond donors (Lipinski definition) is 1. The second-order valence-corrected chi connectivity index (χ2v) is 10.9. The smallest absolute Gasteiger partial charge is 0.228 e. The van der Waals surface area contributed by atoms with Crippen LogP contribution >= 0.6 is 0 Å². The van der Waals surface area contributed by atoms with Gasteiger partial charge in [0.15, 0.2) is 0 Å². The van der Waals surface area contributed by atoms with Crippen molar-refractivity contribution in [2.45, 2.75) is 44.2 Å². The van der Waals surface area contributed by atoms with Crippen LogP contribution < -0.4 is 5.32 Å². The number of nitrogens with zero attached hydrogens (tertiary/aromatic N) is 3. The molecule has 0 bridgehead atoms. The quantitative estimate of drug-likeness (QED) is 0.184. The van der Waals surface area contributed by atoms with Gasteiger partial charge in [-0.15, -0.1) is 0 Å². The number of carbonyl (C=O) groups is 1.